The molecule has 8 aromatic carbocycles. The summed E-state index contributed by atoms with van der Waals surface area (Å²) in [4.78, 5) is 5.53. The quantitative estimate of drug-likeness (QED) is 0.176. The Morgan fingerprint density at radius 1 is 0.310 bits per heavy atom. The van der Waals surface area contributed by atoms with Crippen LogP contribution < -0.4 is 0 Å². The highest BCUT2D eigenvalue weighted by molar-refractivity contribution is 7.25. The first-order valence-electron chi connectivity index (χ1n) is 19.7. The molecule has 0 saturated carbocycles. The van der Waals surface area contributed by atoms with E-state index in [4.69, 9.17) is 4.98 Å². The third kappa shape index (κ3) is 4.42. The number of para-hydroxylation sites is 4. The van der Waals surface area contributed by atoms with Gasteiger partial charge < -0.3 is 4.57 Å². The topological polar surface area (TPSA) is 27.7 Å². The molecule has 5 aromatic heterocycles. The molecule has 0 atom stereocenters. The van der Waals surface area contributed by atoms with Crippen LogP contribution in [0, 0.1) is 0 Å². The van der Waals surface area contributed by atoms with Gasteiger partial charge in [0.05, 0.1) is 33.1 Å². The lowest BCUT2D eigenvalue weighted by molar-refractivity contribution is 1.01. The molecule has 0 saturated heterocycles. The zero-order valence-corrected chi connectivity index (χ0v) is 32.0. The number of thiophene rings is 1. The van der Waals surface area contributed by atoms with Crippen LogP contribution in [-0.2, 0) is 0 Å². The minimum atomic E-state index is 0.875. The van der Waals surface area contributed by atoms with Gasteiger partial charge in [0.2, 0.25) is 0 Å². The molecule has 0 aliphatic carbocycles. The van der Waals surface area contributed by atoms with Crippen molar-refractivity contribution in [2.75, 3.05) is 0 Å². The average Bonchev–Trinajstić information content (AvgIpc) is 4.03. The molecule has 0 aliphatic rings. The fourth-order valence-electron chi connectivity index (χ4n) is 9.57. The third-order valence-electron chi connectivity index (χ3n) is 12.0. The molecule has 13 aromatic rings. The standard InChI is InChI=1S/C53H32N4S/c1-7-21-45-36(15-1)37-16-2-8-22-46(37)56(45)50-25-12-26-51(54-50)57-47-23-9-4-18-39(47)42-29-28-41-38-17-3-6-20-44(38)55(52(41)53(42)57)35-14-11-13-33(31-35)34-27-30-49-43(32-34)40-19-5-10-24-48(40)58-49/h1-32H. The molecular formula is C53H32N4S. The van der Waals surface area contributed by atoms with E-state index in [1.165, 1.54) is 69.1 Å². The number of pyridine rings is 1. The summed E-state index contributed by atoms with van der Waals surface area (Å²) in [6.45, 7) is 0. The summed E-state index contributed by atoms with van der Waals surface area (Å²) in [6, 6.07) is 70.6. The van der Waals surface area contributed by atoms with Crippen LogP contribution in [0.3, 0.4) is 0 Å². The van der Waals surface area contributed by atoms with Crippen LogP contribution in [0.1, 0.15) is 0 Å². The predicted molar refractivity (Wildman–Crippen MR) is 246 cm³/mol. The molecule has 0 spiro atoms. The molecule has 4 nitrogen and oxygen atoms in total. The van der Waals surface area contributed by atoms with Crippen LogP contribution in [0.5, 0.6) is 0 Å². The maximum Gasteiger partial charge on any atom is 0.140 e. The number of hydrogen-bond donors (Lipinski definition) is 0. The van der Waals surface area contributed by atoms with Gasteiger partial charge in [0.1, 0.15) is 11.6 Å². The van der Waals surface area contributed by atoms with Gasteiger partial charge in [-0.2, -0.15) is 0 Å². The maximum absolute atomic E-state index is 5.53. The second kappa shape index (κ2) is 12.0. The zero-order chi connectivity index (χ0) is 37.9. The molecule has 0 aliphatic heterocycles. The Morgan fingerprint density at radius 2 is 0.793 bits per heavy atom. The first-order chi connectivity index (χ1) is 28.8. The monoisotopic (exact) mass is 756 g/mol. The van der Waals surface area contributed by atoms with E-state index in [2.05, 4.69) is 208 Å². The lowest BCUT2D eigenvalue weighted by Gasteiger charge is -2.14. The molecule has 0 radical (unpaired) electrons. The van der Waals surface area contributed by atoms with E-state index >= 15 is 0 Å². The highest BCUT2D eigenvalue weighted by Crippen LogP contribution is 2.43. The Kier molecular flexibility index (Phi) is 6.57. The SMILES string of the molecule is c1cc(-c2ccc3sc4ccccc4c3c2)cc(-n2c3ccccc3c3ccc4c5ccccc5n(-c5cccc(-n6c7ccccc7c7ccccc76)n5)c4c32)c1. The minimum absolute atomic E-state index is 0.875. The smallest absolute Gasteiger partial charge is 0.140 e. The molecule has 0 amide bonds. The van der Waals surface area contributed by atoms with E-state index in [1.54, 1.807) is 0 Å². The van der Waals surface area contributed by atoms with Crippen molar-refractivity contribution in [2.24, 2.45) is 0 Å². The number of aromatic nitrogens is 4. The predicted octanol–water partition coefficient (Wildman–Crippen LogP) is 14.4. The van der Waals surface area contributed by atoms with E-state index in [-0.39, 0.29) is 0 Å². The van der Waals surface area contributed by atoms with Crippen molar-refractivity contribution < 1.29 is 0 Å². The molecule has 270 valence electrons. The fourth-order valence-corrected chi connectivity index (χ4v) is 10.7. The van der Waals surface area contributed by atoms with E-state index in [0.717, 1.165) is 44.9 Å². The molecule has 0 fully saturated rings. The number of rotatable bonds is 4. The van der Waals surface area contributed by atoms with E-state index in [0.29, 0.717) is 0 Å². The summed E-state index contributed by atoms with van der Waals surface area (Å²) >= 11 is 1.86. The van der Waals surface area contributed by atoms with Gasteiger partial charge in [-0.3, -0.25) is 9.13 Å². The van der Waals surface area contributed by atoms with Crippen LogP contribution >= 0.6 is 11.3 Å². The molecule has 0 N–H and O–H groups in total. The van der Waals surface area contributed by atoms with Gasteiger partial charge in [-0.1, -0.05) is 127 Å². The Balaban J connectivity index is 1.09. The third-order valence-corrected chi connectivity index (χ3v) is 13.2. The van der Waals surface area contributed by atoms with Crippen LogP contribution in [0.4, 0.5) is 0 Å². The van der Waals surface area contributed by atoms with Crippen LogP contribution in [0.2, 0.25) is 0 Å². The second-order valence-electron chi connectivity index (χ2n) is 15.1. The van der Waals surface area contributed by atoms with Crippen LogP contribution in [0.15, 0.2) is 194 Å². The fraction of sp³-hybridized carbons (Fsp3) is 0. The van der Waals surface area contributed by atoms with Crippen molar-refractivity contribution >= 4 is 96.9 Å². The largest absolute Gasteiger partial charge is 0.307 e. The molecule has 58 heavy (non-hydrogen) atoms. The van der Waals surface area contributed by atoms with E-state index < -0.39 is 0 Å². The second-order valence-corrected chi connectivity index (χ2v) is 16.2. The van der Waals surface area contributed by atoms with E-state index in [1.807, 2.05) is 11.3 Å². The van der Waals surface area contributed by atoms with Crippen molar-refractivity contribution in [3.63, 3.8) is 0 Å². The van der Waals surface area contributed by atoms with Crippen LogP contribution in [-0.4, -0.2) is 18.7 Å². The molecule has 0 unspecified atom stereocenters. The number of fused-ring (bicyclic) bond motifs is 13. The van der Waals surface area contributed by atoms with Gasteiger partial charge in [0.15, 0.2) is 0 Å². The van der Waals surface area contributed by atoms with Crippen molar-refractivity contribution in [3.8, 4) is 28.5 Å². The van der Waals surface area contributed by atoms with Crippen molar-refractivity contribution in [3.05, 3.63) is 194 Å². The van der Waals surface area contributed by atoms with Crippen molar-refractivity contribution in [1.29, 1.82) is 0 Å². The Hall–Kier alpha value is -7.47. The number of benzene rings is 8. The Morgan fingerprint density at radius 3 is 1.47 bits per heavy atom. The van der Waals surface area contributed by atoms with Crippen LogP contribution in [0.25, 0.3) is 114 Å². The van der Waals surface area contributed by atoms with Gasteiger partial charge in [-0.15, -0.1) is 11.3 Å². The van der Waals surface area contributed by atoms with Gasteiger partial charge in [-0.25, -0.2) is 4.98 Å². The summed E-state index contributed by atoms with van der Waals surface area (Å²) in [5.74, 6) is 1.76. The number of hydrogen-bond acceptors (Lipinski definition) is 2. The summed E-state index contributed by atoms with van der Waals surface area (Å²) < 4.78 is 9.80. The lowest BCUT2D eigenvalue weighted by Crippen LogP contribution is -2.04. The Bertz CT molecular complexity index is 3770. The molecular weight excluding hydrogens is 725 g/mol. The van der Waals surface area contributed by atoms with Gasteiger partial charge in [0, 0.05) is 58.2 Å². The average molecular weight is 757 g/mol. The minimum Gasteiger partial charge on any atom is -0.307 e. The van der Waals surface area contributed by atoms with Crippen molar-refractivity contribution in [1.82, 2.24) is 18.7 Å². The molecule has 5 heteroatoms. The first-order valence-corrected chi connectivity index (χ1v) is 20.5. The van der Waals surface area contributed by atoms with Gasteiger partial charge in [0.25, 0.3) is 0 Å². The molecule has 13 rings (SSSR count). The van der Waals surface area contributed by atoms with Gasteiger partial charge >= 0.3 is 0 Å². The highest BCUT2D eigenvalue weighted by atomic mass is 32.1. The number of nitrogens with zero attached hydrogens (tertiary/aromatic N) is 4. The van der Waals surface area contributed by atoms with Gasteiger partial charge in [-0.05, 0) is 77.9 Å². The first kappa shape index (κ1) is 31.7. The Labute approximate surface area is 336 Å². The highest BCUT2D eigenvalue weighted by Gasteiger charge is 2.22. The molecule has 5 heterocycles. The zero-order valence-electron chi connectivity index (χ0n) is 31.2. The van der Waals surface area contributed by atoms with Crippen molar-refractivity contribution in [2.45, 2.75) is 0 Å². The maximum atomic E-state index is 5.53. The normalized spacial score (nSPS) is 12.1. The summed E-state index contributed by atoms with van der Waals surface area (Å²) in [7, 11) is 0. The lowest BCUT2D eigenvalue weighted by atomic mass is 10.0. The summed E-state index contributed by atoms with van der Waals surface area (Å²) in [6.07, 6.45) is 0. The van der Waals surface area contributed by atoms with E-state index in [9.17, 15) is 0 Å². The summed E-state index contributed by atoms with van der Waals surface area (Å²) in [5.41, 5.74) is 10.4. The summed E-state index contributed by atoms with van der Waals surface area (Å²) in [5, 5.41) is 9.89. The molecule has 0 bridgehead atoms.